The number of hydrogen-bond donors (Lipinski definition) is 1. The van der Waals surface area contributed by atoms with Crippen molar-refractivity contribution in [2.45, 2.75) is 6.10 Å². The SMILES string of the molecule is O[C@H](c1ccc(F)cc1)c1cccc(Br)n1. The Labute approximate surface area is 101 Å². The van der Waals surface area contributed by atoms with Gasteiger partial charge in [-0.25, -0.2) is 9.37 Å². The normalized spacial score (nSPS) is 12.4. The molecule has 16 heavy (non-hydrogen) atoms. The maximum absolute atomic E-state index is 12.7. The van der Waals surface area contributed by atoms with Gasteiger partial charge in [0.05, 0.1) is 5.69 Å². The van der Waals surface area contributed by atoms with Gasteiger partial charge in [0.25, 0.3) is 0 Å². The number of aromatic nitrogens is 1. The highest BCUT2D eigenvalue weighted by Gasteiger charge is 2.11. The van der Waals surface area contributed by atoms with Crippen molar-refractivity contribution in [3.63, 3.8) is 0 Å². The van der Waals surface area contributed by atoms with Crippen LogP contribution in [0.2, 0.25) is 0 Å². The van der Waals surface area contributed by atoms with Gasteiger partial charge in [-0.3, -0.25) is 0 Å². The summed E-state index contributed by atoms with van der Waals surface area (Å²) in [7, 11) is 0. The largest absolute Gasteiger partial charge is 0.382 e. The third kappa shape index (κ3) is 2.46. The van der Waals surface area contributed by atoms with Gasteiger partial charge in [0.1, 0.15) is 16.5 Å². The van der Waals surface area contributed by atoms with Gasteiger partial charge in [-0.1, -0.05) is 18.2 Å². The van der Waals surface area contributed by atoms with Crippen LogP contribution in [0.1, 0.15) is 17.4 Å². The van der Waals surface area contributed by atoms with Gasteiger partial charge >= 0.3 is 0 Å². The molecule has 0 amide bonds. The lowest BCUT2D eigenvalue weighted by atomic mass is 10.1. The van der Waals surface area contributed by atoms with Crippen LogP contribution in [0.4, 0.5) is 4.39 Å². The smallest absolute Gasteiger partial charge is 0.123 e. The second-order valence-corrected chi connectivity index (χ2v) is 4.15. The minimum Gasteiger partial charge on any atom is -0.382 e. The van der Waals surface area contributed by atoms with Crippen molar-refractivity contribution in [1.29, 1.82) is 0 Å². The number of aliphatic hydroxyl groups is 1. The van der Waals surface area contributed by atoms with Crippen molar-refractivity contribution >= 4 is 15.9 Å². The fourth-order valence-electron chi connectivity index (χ4n) is 1.39. The summed E-state index contributed by atoms with van der Waals surface area (Å²) in [6.45, 7) is 0. The number of hydrogen-bond acceptors (Lipinski definition) is 2. The average molecular weight is 282 g/mol. The molecule has 1 atom stereocenters. The molecule has 0 spiro atoms. The maximum Gasteiger partial charge on any atom is 0.123 e. The van der Waals surface area contributed by atoms with E-state index in [1.807, 2.05) is 0 Å². The van der Waals surface area contributed by atoms with Gasteiger partial charge in [0, 0.05) is 0 Å². The van der Waals surface area contributed by atoms with Crippen LogP contribution in [-0.2, 0) is 0 Å². The standard InChI is InChI=1S/C12H9BrFNO/c13-11-3-1-2-10(15-11)12(16)8-4-6-9(14)7-5-8/h1-7,12,16H/t12-/m1/s1. The van der Waals surface area contributed by atoms with Gasteiger partial charge in [-0.05, 0) is 45.8 Å². The lowest BCUT2D eigenvalue weighted by molar-refractivity contribution is 0.215. The number of benzene rings is 1. The molecule has 0 bridgehead atoms. The molecule has 0 fully saturated rings. The Kier molecular flexibility index (Phi) is 3.31. The van der Waals surface area contributed by atoms with E-state index in [9.17, 15) is 9.50 Å². The summed E-state index contributed by atoms with van der Waals surface area (Å²) in [5, 5.41) is 10.0. The molecule has 1 N–H and O–H groups in total. The third-order valence-corrected chi connectivity index (χ3v) is 2.64. The Hall–Kier alpha value is -1.26. The summed E-state index contributed by atoms with van der Waals surface area (Å²) in [6.07, 6.45) is -0.835. The van der Waals surface area contributed by atoms with Gasteiger partial charge in [0.2, 0.25) is 0 Å². The van der Waals surface area contributed by atoms with E-state index < -0.39 is 6.10 Å². The summed E-state index contributed by atoms with van der Waals surface area (Å²) in [4.78, 5) is 4.14. The van der Waals surface area contributed by atoms with E-state index in [-0.39, 0.29) is 5.82 Å². The van der Waals surface area contributed by atoms with E-state index in [2.05, 4.69) is 20.9 Å². The van der Waals surface area contributed by atoms with Crippen molar-refractivity contribution in [2.24, 2.45) is 0 Å². The summed E-state index contributed by atoms with van der Waals surface area (Å²) >= 11 is 3.23. The molecule has 0 saturated heterocycles. The fraction of sp³-hybridized carbons (Fsp3) is 0.0833. The van der Waals surface area contributed by atoms with Crippen molar-refractivity contribution < 1.29 is 9.50 Å². The number of pyridine rings is 1. The van der Waals surface area contributed by atoms with Crippen LogP contribution >= 0.6 is 15.9 Å². The Morgan fingerprint density at radius 1 is 1.12 bits per heavy atom. The lowest BCUT2D eigenvalue weighted by Gasteiger charge is -2.10. The molecular formula is C12H9BrFNO. The Morgan fingerprint density at radius 2 is 1.81 bits per heavy atom. The molecular weight excluding hydrogens is 273 g/mol. The van der Waals surface area contributed by atoms with Gasteiger partial charge in [-0.15, -0.1) is 0 Å². The summed E-state index contributed by atoms with van der Waals surface area (Å²) in [5.74, 6) is -0.321. The second-order valence-electron chi connectivity index (χ2n) is 3.34. The zero-order chi connectivity index (χ0) is 11.5. The lowest BCUT2D eigenvalue weighted by Crippen LogP contribution is -2.02. The maximum atomic E-state index is 12.7. The molecule has 0 saturated carbocycles. The molecule has 2 rings (SSSR count). The van der Waals surface area contributed by atoms with E-state index in [1.54, 1.807) is 30.3 Å². The molecule has 0 radical (unpaired) electrons. The topological polar surface area (TPSA) is 33.1 Å². The molecule has 0 aliphatic heterocycles. The highest BCUT2D eigenvalue weighted by atomic mass is 79.9. The van der Waals surface area contributed by atoms with Crippen LogP contribution in [-0.4, -0.2) is 10.1 Å². The minimum absolute atomic E-state index is 0.321. The first-order valence-corrected chi connectivity index (χ1v) is 5.52. The Bertz CT molecular complexity index is 487. The zero-order valence-corrected chi connectivity index (χ0v) is 9.86. The van der Waals surface area contributed by atoms with Crippen LogP contribution in [0.25, 0.3) is 0 Å². The Balaban J connectivity index is 2.31. The number of halogens is 2. The second kappa shape index (κ2) is 4.72. The predicted molar refractivity (Wildman–Crippen MR) is 62.4 cm³/mol. The number of aliphatic hydroxyl groups excluding tert-OH is 1. The molecule has 2 aromatic rings. The molecule has 0 aliphatic carbocycles. The molecule has 1 heterocycles. The molecule has 0 aliphatic rings. The summed E-state index contributed by atoms with van der Waals surface area (Å²) in [5.41, 5.74) is 1.15. The molecule has 1 aromatic carbocycles. The van der Waals surface area contributed by atoms with Gasteiger partial charge < -0.3 is 5.11 Å². The first-order chi connectivity index (χ1) is 7.66. The predicted octanol–water partition coefficient (Wildman–Crippen LogP) is 3.06. The first-order valence-electron chi connectivity index (χ1n) is 4.73. The van der Waals surface area contributed by atoms with E-state index in [0.717, 1.165) is 0 Å². The van der Waals surface area contributed by atoms with E-state index >= 15 is 0 Å². The van der Waals surface area contributed by atoms with E-state index in [1.165, 1.54) is 12.1 Å². The van der Waals surface area contributed by atoms with E-state index in [0.29, 0.717) is 15.9 Å². The molecule has 0 unspecified atom stereocenters. The molecule has 1 aromatic heterocycles. The highest BCUT2D eigenvalue weighted by Crippen LogP contribution is 2.21. The Morgan fingerprint density at radius 3 is 2.44 bits per heavy atom. The van der Waals surface area contributed by atoms with Crippen LogP contribution in [0.3, 0.4) is 0 Å². The molecule has 4 heteroatoms. The zero-order valence-electron chi connectivity index (χ0n) is 8.27. The van der Waals surface area contributed by atoms with Crippen molar-refractivity contribution in [3.05, 3.63) is 64.1 Å². The monoisotopic (exact) mass is 281 g/mol. The van der Waals surface area contributed by atoms with Crippen molar-refractivity contribution in [1.82, 2.24) is 4.98 Å². The van der Waals surface area contributed by atoms with Crippen LogP contribution in [0.5, 0.6) is 0 Å². The third-order valence-electron chi connectivity index (χ3n) is 2.20. The number of rotatable bonds is 2. The minimum atomic E-state index is -0.835. The average Bonchev–Trinajstić information content (AvgIpc) is 2.29. The van der Waals surface area contributed by atoms with Crippen LogP contribution in [0.15, 0.2) is 47.1 Å². The van der Waals surface area contributed by atoms with Crippen LogP contribution in [0, 0.1) is 5.82 Å². The summed E-state index contributed by atoms with van der Waals surface area (Å²) < 4.78 is 13.4. The van der Waals surface area contributed by atoms with Crippen molar-refractivity contribution in [3.8, 4) is 0 Å². The highest BCUT2D eigenvalue weighted by molar-refractivity contribution is 9.10. The van der Waals surface area contributed by atoms with Crippen molar-refractivity contribution in [2.75, 3.05) is 0 Å². The quantitative estimate of drug-likeness (QED) is 0.859. The molecule has 2 nitrogen and oxygen atoms in total. The number of nitrogens with zero attached hydrogens (tertiary/aromatic N) is 1. The fourth-order valence-corrected chi connectivity index (χ4v) is 1.75. The van der Waals surface area contributed by atoms with E-state index in [4.69, 9.17) is 0 Å². The first kappa shape index (κ1) is 11.2. The summed E-state index contributed by atoms with van der Waals surface area (Å²) in [6, 6.07) is 11.0. The van der Waals surface area contributed by atoms with Crippen LogP contribution < -0.4 is 0 Å². The van der Waals surface area contributed by atoms with Gasteiger partial charge in [0.15, 0.2) is 0 Å². The van der Waals surface area contributed by atoms with Gasteiger partial charge in [-0.2, -0.15) is 0 Å². The molecule has 82 valence electrons.